The molecule has 0 unspecified atom stereocenters. The van der Waals surface area contributed by atoms with E-state index in [4.69, 9.17) is 0 Å². The molecule has 0 saturated heterocycles. The maximum atomic E-state index is 2.41. The van der Waals surface area contributed by atoms with E-state index in [0.29, 0.717) is 0 Å². The lowest BCUT2D eigenvalue weighted by molar-refractivity contribution is 1.18. The van der Waals surface area contributed by atoms with E-state index in [-0.39, 0.29) is 0 Å². The number of aromatic nitrogens is 1. The summed E-state index contributed by atoms with van der Waals surface area (Å²) in [5.74, 6) is 0. The van der Waals surface area contributed by atoms with Gasteiger partial charge in [0.2, 0.25) is 0 Å². The number of hydrogen-bond donors (Lipinski definition) is 0. The van der Waals surface area contributed by atoms with E-state index in [0.717, 1.165) is 28.3 Å². The Bertz CT molecular complexity index is 2510. The van der Waals surface area contributed by atoms with Crippen LogP contribution in [0.4, 0.5) is 17.1 Å². The molecule has 0 bridgehead atoms. The van der Waals surface area contributed by atoms with Gasteiger partial charge in [0, 0.05) is 27.8 Å². The summed E-state index contributed by atoms with van der Waals surface area (Å²) in [6, 6.07) is 74.1. The van der Waals surface area contributed by atoms with Gasteiger partial charge in [-0.2, -0.15) is 0 Å². The highest BCUT2D eigenvalue weighted by Gasteiger charge is 2.21. The molecule has 0 aliphatic rings. The summed E-state index contributed by atoms with van der Waals surface area (Å²) < 4.78 is 2.38. The van der Waals surface area contributed by atoms with Gasteiger partial charge in [0.1, 0.15) is 0 Å². The smallest absolute Gasteiger partial charge is 0.0562 e. The average molecular weight is 639 g/mol. The molecule has 0 N–H and O–H groups in total. The fourth-order valence-corrected chi connectivity index (χ4v) is 7.26. The summed E-state index contributed by atoms with van der Waals surface area (Å²) in [4.78, 5) is 2.41. The highest BCUT2D eigenvalue weighted by Crippen LogP contribution is 2.44. The van der Waals surface area contributed by atoms with Gasteiger partial charge < -0.3 is 9.47 Å². The molecule has 1 aromatic heterocycles. The zero-order chi connectivity index (χ0) is 33.3. The zero-order valence-corrected chi connectivity index (χ0v) is 27.5. The van der Waals surface area contributed by atoms with E-state index in [1.807, 2.05) is 0 Å². The first-order valence-corrected chi connectivity index (χ1v) is 17.1. The van der Waals surface area contributed by atoms with Gasteiger partial charge in [-0.25, -0.2) is 0 Å². The number of fused-ring (bicyclic) bond motifs is 3. The molecule has 0 aliphatic carbocycles. The third kappa shape index (κ3) is 5.34. The molecule has 2 nitrogen and oxygen atoms in total. The van der Waals surface area contributed by atoms with E-state index in [9.17, 15) is 0 Å². The molecule has 8 aromatic carbocycles. The average Bonchev–Trinajstić information content (AvgIpc) is 3.54. The van der Waals surface area contributed by atoms with E-state index in [2.05, 4.69) is 216 Å². The molecule has 0 aliphatic heterocycles. The molecule has 0 spiro atoms. The van der Waals surface area contributed by atoms with Crippen molar-refractivity contribution in [1.29, 1.82) is 0 Å². The summed E-state index contributed by atoms with van der Waals surface area (Å²) in [6.07, 6.45) is 0. The van der Waals surface area contributed by atoms with E-state index in [1.165, 1.54) is 49.6 Å². The van der Waals surface area contributed by atoms with Crippen LogP contribution in [0, 0.1) is 0 Å². The van der Waals surface area contributed by atoms with Crippen molar-refractivity contribution in [3.05, 3.63) is 206 Å². The normalized spacial score (nSPS) is 11.2. The predicted molar refractivity (Wildman–Crippen MR) is 212 cm³/mol. The molecule has 9 rings (SSSR count). The lowest BCUT2D eigenvalue weighted by Crippen LogP contribution is -2.10. The monoisotopic (exact) mass is 638 g/mol. The lowest BCUT2D eigenvalue weighted by Gasteiger charge is -2.27. The molecule has 0 radical (unpaired) electrons. The van der Waals surface area contributed by atoms with Crippen LogP contribution in [0.3, 0.4) is 0 Å². The van der Waals surface area contributed by atoms with E-state index < -0.39 is 0 Å². The number of para-hydroxylation sites is 3. The quantitative estimate of drug-likeness (QED) is 0.169. The summed E-state index contributed by atoms with van der Waals surface area (Å²) in [7, 11) is 0. The summed E-state index contributed by atoms with van der Waals surface area (Å²) >= 11 is 0. The maximum absolute atomic E-state index is 2.41. The Hall–Kier alpha value is -6.64. The fourth-order valence-electron chi connectivity index (χ4n) is 7.26. The number of nitrogens with zero attached hydrogens (tertiary/aromatic N) is 2. The maximum Gasteiger partial charge on any atom is 0.0562 e. The third-order valence-electron chi connectivity index (χ3n) is 9.53. The van der Waals surface area contributed by atoms with Crippen LogP contribution < -0.4 is 4.90 Å². The highest BCUT2D eigenvalue weighted by molar-refractivity contribution is 6.16. The van der Waals surface area contributed by atoms with E-state index >= 15 is 0 Å². The van der Waals surface area contributed by atoms with Gasteiger partial charge in [0.25, 0.3) is 0 Å². The van der Waals surface area contributed by atoms with Gasteiger partial charge in [0.05, 0.1) is 16.7 Å². The van der Waals surface area contributed by atoms with Crippen molar-refractivity contribution >= 4 is 38.9 Å². The molecule has 2 heteroatoms. The lowest BCUT2D eigenvalue weighted by atomic mass is 9.93. The first kappa shape index (κ1) is 29.5. The van der Waals surface area contributed by atoms with Crippen LogP contribution in [0.15, 0.2) is 206 Å². The second-order valence-corrected chi connectivity index (χ2v) is 12.6. The van der Waals surface area contributed by atoms with Crippen molar-refractivity contribution in [3.8, 4) is 39.1 Å². The third-order valence-corrected chi connectivity index (χ3v) is 9.53. The van der Waals surface area contributed by atoms with Crippen LogP contribution >= 0.6 is 0 Å². The van der Waals surface area contributed by atoms with Crippen molar-refractivity contribution in [2.45, 2.75) is 0 Å². The molecule has 0 fully saturated rings. The highest BCUT2D eigenvalue weighted by atomic mass is 15.1. The number of rotatable bonds is 7. The van der Waals surface area contributed by atoms with Crippen molar-refractivity contribution in [2.75, 3.05) is 4.90 Å². The Balaban J connectivity index is 1.26. The van der Waals surface area contributed by atoms with Crippen LogP contribution in [0.5, 0.6) is 0 Å². The van der Waals surface area contributed by atoms with E-state index in [1.54, 1.807) is 0 Å². The predicted octanol–water partition coefficient (Wildman–Crippen LogP) is 13.3. The minimum absolute atomic E-state index is 1.10. The number of anilines is 3. The van der Waals surface area contributed by atoms with Crippen molar-refractivity contribution in [3.63, 3.8) is 0 Å². The molecule has 0 atom stereocenters. The molecule has 236 valence electrons. The topological polar surface area (TPSA) is 8.17 Å². The Kier molecular flexibility index (Phi) is 7.53. The molecule has 0 amide bonds. The van der Waals surface area contributed by atoms with Crippen LogP contribution in [0.25, 0.3) is 60.9 Å². The van der Waals surface area contributed by atoms with Gasteiger partial charge in [-0.1, -0.05) is 133 Å². The van der Waals surface area contributed by atoms with Crippen molar-refractivity contribution in [1.82, 2.24) is 4.57 Å². The molecule has 1 heterocycles. The molecule has 0 saturated carbocycles. The van der Waals surface area contributed by atoms with Gasteiger partial charge >= 0.3 is 0 Å². The van der Waals surface area contributed by atoms with Gasteiger partial charge in [-0.3, -0.25) is 0 Å². The minimum Gasteiger partial charge on any atom is -0.310 e. The van der Waals surface area contributed by atoms with Crippen LogP contribution in [-0.2, 0) is 0 Å². The summed E-state index contributed by atoms with van der Waals surface area (Å²) in [5.41, 5.74) is 14.0. The van der Waals surface area contributed by atoms with Gasteiger partial charge in [0.15, 0.2) is 0 Å². The molecular formula is C48H34N2. The molecule has 9 aromatic rings. The molecular weight excluding hydrogens is 605 g/mol. The van der Waals surface area contributed by atoms with Crippen LogP contribution in [0.2, 0.25) is 0 Å². The number of benzene rings is 8. The van der Waals surface area contributed by atoms with Crippen molar-refractivity contribution < 1.29 is 0 Å². The molecule has 50 heavy (non-hydrogen) atoms. The van der Waals surface area contributed by atoms with Crippen molar-refractivity contribution in [2.24, 2.45) is 0 Å². The van der Waals surface area contributed by atoms with Crippen LogP contribution in [-0.4, -0.2) is 4.57 Å². The largest absolute Gasteiger partial charge is 0.310 e. The summed E-state index contributed by atoms with van der Waals surface area (Å²) in [6.45, 7) is 0. The van der Waals surface area contributed by atoms with Gasteiger partial charge in [-0.15, -0.1) is 0 Å². The summed E-state index contributed by atoms with van der Waals surface area (Å²) in [5, 5.41) is 2.45. The Morgan fingerprint density at radius 3 is 1.46 bits per heavy atom. The zero-order valence-electron chi connectivity index (χ0n) is 27.5. The second kappa shape index (κ2) is 12.8. The standard InChI is InChI=1S/C48H34N2/c1-5-17-35(18-6-1)38-31-39(36-19-7-2-8-20-36)33-40(32-38)37-21-15-26-43(34-37)49(41-22-9-3-10-23-41)46-29-16-30-47-48(46)44-27-13-14-28-45(44)50(47)42-24-11-4-12-25-42/h1-34H. The minimum atomic E-state index is 1.10. The second-order valence-electron chi connectivity index (χ2n) is 12.6. The SMILES string of the molecule is c1ccc(-c2cc(-c3ccccc3)cc(-c3cccc(N(c4ccccc4)c4cccc5c4c4ccccc4n5-c4ccccc4)c3)c2)cc1. The fraction of sp³-hybridized carbons (Fsp3) is 0. The Labute approximate surface area is 292 Å². The van der Waals surface area contributed by atoms with Crippen LogP contribution in [0.1, 0.15) is 0 Å². The first-order valence-electron chi connectivity index (χ1n) is 17.1. The number of hydrogen-bond acceptors (Lipinski definition) is 1. The Morgan fingerprint density at radius 1 is 0.320 bits per heavy atom. The van der Waals surface area contributed by atoms with Gasteiger partial charge in [-0.05, 0) is 106 Å². The Morgan fingerprint density at radius 2 is 0.800 bits per heavy atom. The first-order chi connectivity index (χ1) is 24.8.